The predicted molar refractivity (Wildman–Crippen MR) is 83.6 cm³/mol. The largest absolute Gasteiger partial charge is 0.364 e. The van der Waals surface area contributed by atoms with Gasteiger partial charge in [0.25, 0.3) is 0 Å². The topological polar surface area (TPSA) is 93.0 Å². The van der Waals surface area contributed by atoms with Gasteiger partial charge in [-0.25, -0.2) is 9.97 Å². The standard InChI is InChI=1S/C12H21N5O2S/c1-4-13-11-10(17(18)19)12(15-8-14-11)16-9(3)6-7-20-5-2/h8-9H,4-7H2,1-3H3,(H2,13,14,15,16). The molecular formula is C12H21N5O2S. The molecule has 1 atom stereocenters. The fraction of sp³-hybridized carbons (Fsp3) is 0.667. The number of thioether (sulfide) groups is 1. The first-order valence-corrected chi connectivity index (χ1v) is 7.83. The van der Waals surface area contributed by atoms with Crippen LogP contribution in [0.1, 0.15) is 27.2 Å². The molecule has 20 heavy (non-hydrogen) atoms. The molecule has 0 aromatic carbocycles. The average molecular weight is 299 g/mol. The molecule has 0 fully saturated rings. The summed E-state index contributed by atoms with van der Waals surface area (Å²) in [6, 6.07) is 0.122. The number of hydrogen-bond donors (Lipinski definition) is 2. The highest BCUT2D eigenvalue weighted by Crippen LogP contribution is 2.29. The number of aromatic nitrogens is 2. The number of rotatable bonds is 9. The Bertz CT molecular complexity index is 444. The number of anilines is 2. The zero-order valence-corrected chi connectivity index (χ0v) is 12.9. The molecule has 1 aromatic rings. The third-order valence-corrected chi connectivity index (χ3v) is 3.56. The molecule has 0 amide bonds. The Balaban J connectivity index is 2.83. The summed E-state index contributed by atoms with van der Waals surface area (Å²) >= 11 is 1.85. The molecule has 1 unspecified atom stereocenters. The predicted octanol–water partition coefficient (Wildman–Crippen LogP) is 2.76. The van der Waals surface area contributed by atoms with Crippen molar-refractivity contribution in [3.8, 4) is 0 Å². The zero-order chi connectivity index (χ0) is 15.0. The highest BCUT2D eigenvalue weighted by atomic mass is 32.2. The van der Waals surface area contributed by atoms with Gasteiger partial charge in [0.15, 0.2) is 0 Å². The van der Waals surface area contributed by atoms with Crippen LogP contribution >= 0.6 is 11.8 Å². The van der Waals surface area contributed by atoms with E-state index in [0.29, 0.717) is 6.54 Å². The summed E-state index contributed by atoms with van der Waals surface area (Å²) in [5, 5.41) is 17.2. The summed E-state index contributed by atoms with van der Waals surface area (Å²) in [7, 11) is 0. The van der Waals surface area contributed by atoms with Crippen LogP contribution in [0.3, 0.4) is 0 Å². The van der Waals surface area contributed by atoms with Gasteiger partial charge in [-0.2, -0.15) is 11.8 Å². The summed E-state index contributed by atoms with van der Waals surface area (Å²) in [4.78, 5) is 18.7. The molecule has 112 valence electrons. The van der Waals surface area contributed by atoms with Gasteiger partial charge in [0.2, 0.25) is 11.6 Å². The number of nitro groups is 1. The van der Waals surface area contributed by atoms with E-state index in [1.807, 2.05) is 25.6 Å². The second-order valence-corrected chi connectivity index (χ2v) is 5.63. The van der Waals surface area contributed by atoms with Crippen molar-refractivity contribution >= 4 is 29.1 Å². The van der Waals surface area contributed by atoms with E-state index >= 15 is 0 Å². The van der Waals surface area contributed by atoms with Crippen LogP contribution in [-0.2, 0) is 0 Å². The molecule has 7 nitrogen and oxygen atoms in total. The Morgan fingerprint density at radius 3 is 2.70 bits per heavy atom. The smallest absolute Gasteiger partial charge is 0.353 e. The zero-order valence-electron chi connectivity index (χ0n) is 12.0. The Morgan fingerprint density at radius 1 is 1.40 bits per heavy atom. The van der Waals surface area contributed by atoms with Gasteiger partial charge >= 0.3 is 5.69 Å². The Labute approximate surface area is 123 Å². The van der Waals surface area contributed by atoms with Gasteiger partial charge < -0.3 is 10.6 Å². The molecule has 1 rings (SSSR count). The minimum absolute atomic E-state index is 0.0932. The highest BCUT2D eigenvalue weighted by molar-refractivity contribution is 7.99. The van der Waals surface area contributed by atoms with Crippen molar-refractivity contribution in [2.45, 2.75) is 33.2 Å². The van der Waals surface area contributed by atoms with Crippen molar-refractivity contribution in [2.24, 2.45) is 0 Å². The lowest BCUT2D eigenvalue weighted by molar-refractivity contribution is -0.383. The Hall–Kier alpha value is -1.57. The van der Waals surface area contributed by atoms with Crippen molar-refractivity contribution in [3.63, 3.8) is 0 Å². The number of nitrogens with zero attached hydrogens (tertiary/aromatic N) is 3. The quantitative estimate of drug-likeness (QED) is 0.411. The second-order valence-electron chi connectivity index (χ2n) is 4.24. The van der Waals surface area contributed by atoms with E-state index in [-0.39, 0.29) is 23.4 Å². The molecule has 0 saturated carbocycles. The summed E-state index contributed by atoms with van der Waals surface area (Å²) in [5.41, 5.74) is -0.0932. The third kappa shape index (κ3) is 4.84. The molecule has 0 bridgehead atoms. The second kappa shape index (κ2) is 8.57. The van der Waals surface area contributed by atoms with Crippen LogP contribution in [0.4, 0.5) is 17.3 Å². The van der Waals surface area contributed by atoms with Crippen LogP contribution in [0, 0.1) is 10.1 Å². The van der Waals surface area contributed by atoms with Crippen LogP contribution in [0.5, 0.6) is 0 Å². The van der Waals surface area contributed by atoms with Crippen molar-refractivity contribution in [1.29, 1.82) is 0 Å². The normalized spacial score (nSPS) is 11.9. The van der Waals surface area contributed by atoms with Crippen molar-refractivity contribution in [3.05, 3.63) is 16.4 Å². The van der Waals surface area contributed by atoms with Crippen LogP contribution < -0.4 is 10.6 Å². The maximum Gasteiger partial charge on any atom is 0.353 e. The van der Waals surface area contributed by atoms with E-state index in [1.54, 1.807) is 0 Å². The minimum atomic E-state index is -0.451. The maximum absolute atomic E-state index is 11.2. The Kier molecular flexibility index (Phi) is 7.06. The highest BCUT2D eigenvalue weighted by Gasteiger charge is 2.23. The van der Waals surface area contributed by atoms with Crippen LogP contribution in [-0.4, -0.2) is 39.0 Å². The summed E-state index contributed by atoms with van der Waals surface area (Å²) in [5.74, 6) is 2.62. The summed E-state index contributed by atoms with van der Waals surface area (Å²) in [6.45, 7) is 6.54. The first-order valence-electron chi connectivity index (χ1n) is 6.67. The van der Waals surface area contributed by atoms with Crippen LogP contribution in [0.2, 0.25) is 0 Å². The number of nitrogens with one attached hydrogen (secondary N) is 2. The number of hydrogen-bond acceptors (Lipinski definition) is 7. The molecule has 2 N–H and O–H groups in total. The van der Waals surface area contributed by atoms with Gasteiger partial charge in [0, 0.05) is 12.6 Å². The van der Waals surface area contributed by atoms with E-state index in [1.165, 1.54) is 6.33 Å². The molecule has 0 aliphatic carbocycles. The molecule has 0 spiro atoms. The van der Waals surface area contributed by atoms with Crippen LogP contribution in [0.25, 0.3) is 0 Å². The monoisotopic (exact) mass is 299 g/mol. The van der Waals surface area contributed by atoms with E-state index in [0.717, 1.165) is 17.9 Å². The minimum Gasteiger partial charge on any atom is -0.364 e. The lowest BCUT2D eigenvalue weighted by Crippen LogP contribution is -2.19. The van der Waals surface area contributed by atoms with Gasteiger partial charge in [0.05, 0.1) is 4.92 Å². The molecule has 0 aliphatic rings. The molecular weight excluding hydrogens is 278 g/mol. The van der Waals surface area contributed by atoms with Gasteiger partial charge in [-0.05, 0) is 31.8 Å². The van der Waals surface area contributed by atoms with Crippen molar-refractivity contribution < 1.29 is 4.92 Å². The fourth-order valence-corrected chi connectivity index (χ4v) is 2.47. The maximum atomic E-state index is 11.2. The summed E-state index contributed by atoms with van der Waals surface area (Å²) < 4.78 is 0. The van der Waals surface area contributed by atoms with E-state index in [9.17, 15) is 10.1 Å². The van der Waals surface area contributed by atoms with E-state index in [2.05, 4.69) is 27.5 Å². The SMILES string of the molecule is CCNc1ncnc(NC(C)CCSCC)c1[N+](=O)[O-]. The summed E-state index contributed by atoms with van der Waals surface area (Å²) in [6.07, 6.45) is 2.26. The van der Waals surface area contributed by atoms with Crippen molar-refractivity contribution in [2.75, 3.05) is 28.7 Å². The van der Waals surface area contributed by atoms with Gasteiger partial charge in [-0.3, -0.25) is 10.1 Å². The molecule has 0 saturated heterocycles. The lowest BCUT2D eigenvalue weighted by atomic mass is 10.2. The Morgan fingerprint density at radius 2 is 2.10 bits per heavy atom. The molecule has 0 radical (unpaired) electrons. The average Bonchev–Trinajstić information content (AvgIpc) is 2.39. The third-order valence-electron chi connectivity index (χ3n) is 2.63. The van der Waals surface area contributed by atoms with Gasteiger partial charge in [-0.1, -0.05) is 6.92 Å². The molecule has 8 heteroatoms. The molecule has 0 aliphatic heterocycles. The van der Waals surface area contributed by atoms with Crippen LogP contribution in [0.15, 0.2) is 6.33 Å². The fourth-order valence-electron chi connectivity index (χ4n) is 1.66. The van der Waals surface area contributed by atoms with E-state index < -0.39 is 4.92 Å². The van der Waals surface area contributed by atoms with Gasteiger partial charge in [-0.15, -0.1) is 0 Å². The first-order chi connectivity index (χ1) is 9.60. The lowest BCUT2D eigenvalue weighted by Gasteiger charge is -2.14. The van der Waals surface area contributed by atoms with Gasteiger partial charge in [0.1, 0.15) is 6.33 Å². The van der Waals surface area contributed by atoms with Crippen molar-refractivity contribution in [1.82, 2.24) is 9.97 Å². The van der Waals surface area contributed by atoms with E-state index in [4.69, 9.17) is 0 Å². The molecule has 1 heterocycles. The molecule has 1 aromatic heterocycles. The first kappa shape index (κ1) is 16.5.